The Morgan fingerprint density at radius 2 is 1.88 bits per heavy atom. The molecule has 1 atom stereocenters. The van der Waals surface area contributed by atoms with Gasteiger partial charge in [-0.3, -0.25) is 9.59 Å². The van der Waals surface area contributed by atoms with Gasteiger partial charge in [-0.25, -0.2) is 5.43 Å². The third-order valence-electron chi connectivity index (χ3n) is 6.34. The Morgan fingerprint density at radius 3 is 2.67 bits per heavy atom. The summed E-state index contributed by atoms with van der Waals surface area (Å²) in [4.78, 5) is 27.9. The van der Waals surface area contributed by atoms with Crippen molar-refractivity contribution in [3.63, 3.8) is 0 Å². The smallest absolute Gasteiger partial charge is 0.294 e. The third kappa shape index (κ3) is 3.91. The van der Waals surface area contributed by atoms with Crippen molar-refractivity contribution in [2.24, 2.45) is 5.10 Å². The monoisotopic (exact) mass is 505 g/mol. The van der Waals surface area contributed by atoms with E-state index in [1.807, 2.05) is 42.2 Å². The summed E-state index contributed by atoms with van der Waals surface area (Å²) < 4.78 is 7.03. The number of halogens is 1. The van der Waals surface area contributed by atoms with Crippen molar-refractivity contribution < 1.29 is 14.0 Å². The SMILES string of the molecule is Cc1c(C(=O)N2c3ccccc3CC2C)oc2c1/C(=N/NC(=O)c1ccc(Br)cc1)CCC2. The lowest BCUT2D eigenvalue weighted by Crippen LogP contribution is -2.35. The number of anilines is 1. The molecule has 168 valence electrons. The Balaban J connectivity index is 1.44. The zero-order valence-corrected chi connectivity index (χ0v) is 20.1. The minimum Gasteiger partial charge on any atom is -0.455 e. The number of nitrogens with zero attached hydrogens (tertiary/aromatic N) is 2. The summed E-state index contributed by atoms with van der Waals surface area (Å²) in [6.07, 6.45) is 3.14. The lowest BCUT2D eigenvalue weighted by atomic mass is 9.93. The second-order valence-corrected chi connectivity index (χ2v) is 9.49. The van der Waals surface area contributed by atoms with Crippen molar-refractivity contribution in [2.75, 3.05) is 4.90 Å². The fraction of sp³-hybridized carbons (Fsp3) is 0.269. The number of amides is 2. The van der Waals surface area contributed by atoms with Crippen LogP contribution in [-0.2, 0) is 12.8 Å². The van der Waals surface area contributed by atoms with Gasteiger partial charge in [0.1, 0.15) is 5.76 Å². The summed E-state index contributed by atoms with van der Waals surface area (Å²) in [5.74, 6) is 0.718. The van der Waals surface area contributed by atoms with Crippen LogP contribution in [0.2, 0.25) is 0 Å². The maximum Gasteiger partial charge on any atom is 0.294 e. The number of hydrazone groups is 1. The van der Waals surface area contributed by atoms with E-state index in [0.717, 1.165) is 52.0 Å². The topological polar surface area (TPSA) is 74.9 Å². The van der Waals surface area contributed by atoms with Gasteiger partial charge < -0.3 is 9.32 Å². The molecule has 0 saturated carbocycles. The Labute approximate surface area is 200 Å². The number of nitrogens with one attached hydrogen (secondary N) is 1. The summed E-state index contributed by atoms with van der Waals surface area (Å²) in [7, 11) is 0. The van der Waals surface area contributed by atoms with Crippen molar-refractivity contribution in [3.05, 3.63) is 86.8 Å². The number of rotatable bonds is 3. The Kier molecular flexibility index (Phi) is 5.66. The summed E-state index contributed by atoms with van der Waals surface area (Å²) in [5, 5.41) is 4.43. The molecular formula is C26H24BrN3O3. The van der Waals surface area contributed by atoms with Gasteiger partial charge in [-0.15, -0.1) is 0 Å². The molecule has 1 aliphatic carbocycles. The van der Waals surface area contributed by atoms with E-state index in [2.05, 4.69) is 39.4 Å². The molecule has 2 amide bonds. The van der Waals surface area contributed by atoms with Gasteiger partial charge in [0.25, 0.3) is 11.8 Å². The summed E-state index contributed by atoms with van der Waals surface area (Å²) >= 11 is 3.37. The second kappa shape index (κ2) is 8.63. The van der Waals surface area contributed by atoms with Crippen LogP contribution in [0.3, 0.4) is 0 Å². The molecule has 5 rings (SSSR count). The van der Waals surface area contributed by atoms with Crippen LogP contribution in [0.1, 0.15) is 63.1 Å². The lowest BCUT2D eigenvalue weighted by Gasteiger charge is -2.21. The standard InChI is InChI=1S/C26H24BrN3O3/c1-15-14-18-6-3-4-8-21(18)30(15)26(32)24-16(2)23-20(7-5-9-22(23)33-24)28-29-25(31)17-10-12-19(27)13-11-17/h3-4,6,8,10-13,15H,5,7,9,14H2,1-2H3,(H,29,31)/b28-20+. The van der Waals surface area contributed by atoms with Crippen molar-refractivity contribution >= 4 is 39.1 Å². The van der Waals surface area contributed by atoms with Gasteiger partial charge >= 0.3 is 0 Å². The zero-order valence-electron chi connectivity index (χ0n) is 18.5. The van der Waals surface area contributed by atoms with Gasteiger partial charge in [0.05, 0.1) is 5.71 Å². The lowest BCUT2D eigenvalue weighted by molar-refractivity contribution is 0.0946. The van der Waals surface area contributed by atoms with Crippen LogP contribution in [0.5, 0.6) is 0 Å². The molecule has 0 radical (unpaired) electrons. The molecule has 2 aromatic carbocycles. The third-order valence-corrected chi connectivity index (χ3v) is 6.87. The van der Waals surface area contributed by atoms with Crippen molar-refractivity contribution in [3.8, 4) is 0 Å². The maximum absolute atomic E-state index is 13.6. The molecule has 1 aromatic heterocycles. The van der Waals surface area contributed by atoms with Crippen LogP contribution in [-0.4, -0.2) is 23.6 Å². The average molecular weight is 506 g/mol. The fourth-order valence-electron chi connectivity index (χ4n) is 4.75. The molecule has 2 aliphatic rings. The fourth-order valence-corrected chi connectivity index (χ4v) is 5.02. The minimum atomic E-state index is -0.276. The number of hydrogen-bond donors (Lipinski definition) is 1. The zero-order chi connectivity index (χ0) is 23.1. The molecule has 3 aromatic rings. The van der Waals surface area contributed by atoms with E-state index in [1.165, 1.54) is 5.56 Å². The van der Waals surface area contributed by atoms with E-state index in [-0.39, 0.29) is 17.9 Å². The van der Waals surface area contributed by atoms with Gasteiger partial charge in [0, 0.05) is 39.3 Å². The summed E-state index contributed by atoms with van der Waals surface area (Å²) in [6, 6.07) is 15.2. The number of hydrogen-bond acceptors (Lipinski definition) is 4. The number of benzene rings is 2. The second-order valence-electron chi connectivity index (χ2n) is 8.57. The van der Waals surface area contributed by atoms with Crippen molar-refractivity contribution in [2.45, 2.75) is 45.6 Å². The number of carbonyl (C=O) groups is 2. The first kappa shape index (κ1) is 21.6. The molecule has 33 heavy (non-hydrogen) atoms. The van der Waals surface area contributed by atoms with E-state index in [1.54, 1.807) is 12.1 Å². The largest absolute Gasteiger partial charge is 0.455 e. The molecule has 2 heterocycles. The van der Waals surface area contributed by atoms with Gasteiger partial charge in [0.15, 0.2) is 5.76 Å². The Morgan fingerprint density at radius 1 is 1.12 bits per heavy atom. The molecule has 0 fully saturated rings. The Hall–Kier alpha value is -3.19. The minimum absolute atomic E-state index is 0.0646. The molecule has 1 aliphatic heterocycles. The first-order valence-electron chi connectivity index (χ1n) is 11.1. The predicted molar refractivity (Wildman–Crippen MR) is 131 cm³/mol. The van der Waals surface area contributed by atoms with Crippen LogP contribution in [0.25, 0.3) is 0 Å². The van der Waals surface area contributed by atoms with Crippen LogP contribution in [0.15, 0.2) is 62.5 Å². The van der Waals surface area contributed by atoms with Crippen LogP contribution >= 0.6 is 15.9 Å². The van der Waals surface area contributed by atoms with Crippen LogP contribution in [0.4, 0.5) is 5.69 Å². The molecule has 1 N–H and O–H groups in total. The first-order valence-corrected chi connectivity index (χ1v) is 11.9. The average Bonchev–Trinajstić information content (AvgIpc) is 3.34. The number of aryl methyl sites for hydroxylation is 1. The quantitative estimate of drug-likeness (QED) is 0.483. The molecule has 0 spiro atoms. The molecule has 7 heteroatoms. The summed E-state index contributed by atoms with van der Waals surface area (Å²) in [6.45, 7) is 3.96. The van der Waals surface area contributed by atoms with E-state index >= 15 is 0 Å². The molecule has 6 nitrogen and oxygen atoms in total. The van der Waals surface area contributed by atoms with E-state index in [4.69, 9.17) is 4.42 Å². The molecule has 0 saturated heterocycles. The van der Waals surface area contributed by atoms with Gasteiger partial charge in [-0.05, 0) is 69.0 Å². The highest BCUT2D eigenvalue weighted by Gasteiger charge is 2.36. The highest BCUT2D eigenvalue weighted by molar-refractivity contribution is 9.10. The molecule has 0 bridgehead atoms. The van der Waals surface area contributed by atoms with Gasteiger partial charge in [-0.1, -0.05) is 34.1 Å². The molecule has 1 unspecified atom stereocenters. The Bertz CT molecular complexity index is 1280. The maximum atomic E-state index is 13.6. The van der Waals surface area contributed by atoms with E-state index in [9.17, 15) is 9.59 Å². The van der Waals surface area contributed by atoms with Crippen molar-refractivity contribution in [1.29, 1.82) is 0 Å². The number of para-hydroxylation sites is 1. The predicted octanol–water partition coefficient (Wildman–Crippen LogP) is 5.41. The van der Waals surface area contributed by atoms with Crippen molar-refractivity contribution in [1.82, 2.24) is 5.43 Å². The van der Waals surface area contributed by atoms with Crippen LogP contribution < -0.4 is 10.3 Å². The van der Waals surface area contributed by atoms with Gasteiger partial charge in [-0.2, -0.15) is 5.10 Å². The normalized spacial score (nSPS) is 18.2. The highest BCUT2D eigenvalue weighted by Crippen LogP contribution is 2.36. The van der Waals surface area contributed by atoms with E-state index in [0.29, 0.717) is 17.7 Å². The summed E-state index contributed by atoms with van der Waals surface area (Å²) in [5.41, 5.74) is 7.69. The number of carbonyl (C=O) groups excluding carboxylic acids is 2. The number of furan rings is 1. The first-order chi connectivity index (χ1) is 15.9. The number of fused-ring (bicyclic) bond motifs is 2. The van der Waals surface area contributed by atoms with Crippen LogP contribution in [0, 0.1) is 6.92 Å². The van der Waals surface area contributed by atoms with Gasteiger partial charge in [0.2, 0.25) is 0 Å². The molecular weight excluding hydrogens is 482 g/mol. The van der Waals surface area contributed by atoms with E-state index < -0.39 is 0 Å². The highest BCUT2D eigenvalue weighted by atomic mass is 79.9.